The van der Waals surface area contributed by atoms with Crippen LogP contribution >= 0.6 is 23.1 Å². The van der Waals surface area contributed by atoms with Crippen molar-refractivity contribution in [1.82, 2.24) is 14.9 Å². The molecule has 0 spiro atoms. The summed E-state index contributed by atoms with van der Waals surface area (Å²) in [6.45, 7) is 8.76. The molecule has 0 radical (unpaired) electrons. The second-order valence-corrected chi connectivity index (χ2v) is 8.57. The van der Waals surface area contributed by atoms with Crippen LogP contribution in [-0.2, 0) is 10.5 Å². The van der Waals surface area contributed by atoms with Crippen LogP contribution in [0, 0.1) is 13.8 Å². The van der Waals surface area contributed by atoms with E-state index in [1.165, 1.54) is 11.8 Å². The van der Waals surface area contributed by atoms with Gasteiger partial charge in [-0.15, -0.1) is 23.1 Å². The Balaban J connectivity index is 2.05. The Kier molecular flexibility index (Phi) is 6.46. The van der Waals surface area contributed by atoms with Crippen molar-refractivity contribution in [3.63, 3.8) is 0 Å². The predicted octanol–water partition coefficient (Wildman–Crippen LogP) is 3.48. The van der Waals surface area contributed by atoms with E-state index in [9.17, 15) is 9.59 Å². The van der Waals surface area contributed by atoms with Gasteiger partial charge in [-0.25, -0.2) is 4.98 Å². The van der Waals surface area contributed by atoms with Gasteiger partial charge in [0.25, 0.3) is 5.56 Å². The van der Waals surface area contributed by atoms with Gasteiger partial charge in [-0.2, -0.15) is 0 Å². The summed E-state index contributed by atoms with van der Waals surface area (Å²) in [5.74, 6) is 1.28. The number of nitrogens with one attached hydrogen (secondary N) is 1. The van der Waals surface area contributed by atoms with E-state index in [1.54, 1.807) is 16.2 Å². The molecule has 0 aliphatic carbocycles. The van der Waals surface area contributed by atoms with E-state index in [0.29, 0.717) is 17.0 Å². The van der Waals surface area contributed by atoms with Crippen LogP contribution in [0.4, 0.5) is 0 Å². The molecule has 2 rings (SSSR count). The maximum Gasteiger partial charge on any atom is 0.259 e. The molecule has 0 bridgehead atoms. The van der Waals surface area contributed by atoms with Crippen molar-refractivity contribution in [1.29, 1.82) is 0 Å². The summed E-state index contributed by atoms with van der Waals surface area (Å²) in [4.78, 5) is 35.7. The zero-order chi connectivity index (χ0) is 17.9. The van der Waals surface area contributed by atoms with E-state index in [-0.39, 0.29) is 16.7 Å². The lowest BCUT2D eigenvalue weighted by atomic mass is 10.2. The van der Waals surface area contributed by atoms with Crippen molar-refractivity contribution in [3.8, 4) is 0 Å². The fourth-order valence-corrected chi connectivity index (χ4v) is 4.37. The smallest absolute Gasteiger partial charge is 0.259 e. The van der Waals surface area contributed by atoms with Gasteiger partial charge in [-0.3, -0.25) is 9.59 Å². The lowest BCUT2D eigenvalue weighted by molar-refractivity contribution is -0.129. The highest BCUT2D eigenvalue weighted by Crippen LogP contribution is 2.26. The van der Waals surface area contributed by atoms with Gasteiger partial charge >= 0.3 is 0 Å². The number of aromatic nitrogens is 2. The molecule has 1 atom stereocenters. The third-order valence-corrected chi connectivity index (χ3v) is 6.37. The maximum absolute atomic E-state index is 12.3. The van der Waals surface area contributed by atoms with Gasteiger partial charge in [0.2, 0.25) is 5.91 Å². The predicted molar refractivity (Wildman–Crippen MR) is 103 cm³/mol. The minimum Gasteiger partial charge on any atom is -0.345 e. The first kappa shape index (κ1) is 19.0. The van der Waals surface area contributed by atoms with E-state index in [2.05, 4.69) is 16.9 Å². The summed E-state index contributed by atoms with van der Waals surface area (Å²) in [5.41, 5.74) is 0.917. The molecule has 5 nitrogen and oxygen atoms in total. The summed E-state index contributed by atoms with van der Waals surface area (Å²) in [6, 6.07) is 0. The van der Waals surface area contributed by atoms with Crippen molar-refractivity contribution in [2.24, 2.45) is 0 Å². The van der Waals surface area contributed by atoms with Crippen LogP contribution in [0.25, 0.3) is 10.2 Å². The number of nitrogens with zero attached hydrogens (tertiary/aromatic N) is 2. The number of H-pyrrole nitrogens is 1. The van der Waals surface area contributed by atoms with Gasteiger partial charge in [0.05, 0.1) is 16.4 Å². The lowest BCUT2D eigenvalue weighted by Gasteiger charge is -2.20. The van der Waals surface area contributed by atoms with Crippen molar-refractivity contribution in [2.75, 3.05) is 13.6 Å². The molecule has 1 N–H and O–H groups in total. The molecule has 2 aromatic heterocycles. The van der Waals surface area contributed by atoms with E-state index >= 15 is 0 Å². The largest absolute Gasteiger partial charge is 0.345 e. The van der Waals surface area contributed by atoms with Crippen LogP contribution < -0.4 is 5.56 Å². The van der Waals surface area contributed by atoms with Crippen LogP contribution in [0.1, 0.15) is 43.0 Å². The molecule has 0 saturated carbocycles. The Labute approximate surface area is 150 Å². The number of thioether (sulfide) groups is 1. The molecule has 1 unspecified atom stereocenters. The third-order valence-electron chi connectivity index (χ3n) is 4.13. The molecule has 0 aliphatic heterocycles. The number of fused-ring (bicyclic) bond motifs is 1. The normalized spacial score (nSPS) is 12.5. The fraction of sp³-hybridized carbons (Fsp3) is 0.588. The molecule has 0 saturated heterocycles. The minimum atomic E-state index is -0.153. The van der Waals surface area contributed by atoms with Crippen molar-refractivity contribution < 1.29 is 4.79 Å². The van der Waals surface area contributed by atoms with Crippen molar-refractivity contribution >= 4 is 39.2 Å². The third kappa shape index (κ3) is 4.19. The average Bonchev–Trinajstić information content (AvgIpc) is 2.84. The highest BCUT2D eigenvalue weighted by atomic mass is 32.2. The van der Waals surface area contributed by atoms with E-state index in [0.717, 1.165) is 34.7 Å². The van der Waals surface area contributed by atoms with Crippen molar-refractivity contribution in [3.05, 3.63) is 26.6 Å². The Morgan fingerprint density at radius 3 is 2.79 bits per heavy atom. The highest BCUT2D eigenvalue weighted by Gasteiger charge is 2.18. The van der Waals surface area contributed by atoms with E-state index in [4.69, 9.17) is 0 Å². The van der Waals surface area contributed by atoms with Crippen molar-refractivity contribution in [2.45, 2.75) is 51.5 Å². The first-order valence-electron chi connectivity index (χ1n) is 8.20. The number of carbonyl (C=O) groups excluding carboxylic acids is 1. The lowest BCUT2D eigenvalue weighted by Crippen LogP contribution is -2.34. The first-order valence-corrected chi connectivity index (χ1v) is 10.1. The fourth-order valence-electron chi connectivity index (χ4n) is 2.46. The number of amides is 1. The average molecular weight is 368 g/mol. The van der Waals surface area contributed by atoms with Crippen LogP contribution in [0.2, 0.25) is 0 Å². The second-order valence-electron chi connectivity index (χ2n) is 6.04. The molecule has 0 aliphatic rings. The molecule has 132 valence electrons. The molecule has 24 heavy (non-hydrogen) atoms. The zero-order valence-corrected chi connectivity index (χ0v) is 16.6. The Morgan fingerprint density at radius 1 is 1.42 bits per heavy atom. The van der Waals surface area contributed by atoms with Crippen LogP contribution in [0.5, 0.6) is 0 Å². The molecule has 7 heteroatoms. The molecule has 2 aromatic rings. The van der Waals surface area contributed by atoms with Gasteiger partial charge in [0.1, 0.15) is 10.7 Å². The van der Waals surface area contributed by atoms with E-state index in [1.807, 2.05) is 27.8 Å². The number of aromatic amines is 1. The molecular weight excluding hydrogens is 342 g/mol. The topological polar surface area (TPSA) is 66.1 Å². The second kappa shape index (κ2) is 8.16. The Morgan fingerprint density at radius 2 is 2.12 bits per heavy atom. The minimum absolute atomic E-state index is 0.0866. The summed E-state index contributed by atoms with van der Waals surface area (Å²) in [6.07, 6.45) is 2.09. The van der Waals surface area contributed by atoms with Gasteiger partial charge in [-0.05, 0) is 32.8 Å². The first-order chi connectivity index (χ1) is 11.3. The van der Waals surface area contributed by atoms with Crippen LogP contribution in [0.3, 0.4) is 0 Å². The summed E-state index contributed by atoms with van der Waals surface area (Å²) >= 11 is 3.05. The van der Waals surface area contributed by atoms with Gasteiger partial charge in [0, 0.05) is 18.5 Å². The summed E-state index contributed by atoms with van der Waals surface area (Å²) < 4.78 is 0. The number of thiophene rings is 1. The number of carbonyl (C=O) groups is 1. The summed E-state index contributed by atoms with van der Waals surface area (Å²) in [5, 5.41) is 0.536. The highest BCUT2D eigenvalue weighted by molar-refractivity contribution is 7.99. The SMILES string of the molecule is CCCCN(C)C(=O)C(C)SCc1nc2sc(C)c(C)c2c(=O)[nH]1. The molecule has 1 amide bonds. The monoisotopic (exact) mass is 367 g/mol. The number of rotatable bonds is 7. The van der Waals surface area contributed by atoms with E-state index < -0.39 is 0 Å². The van der Waals surface area contributed by atoms with Gasteiger partial charge < -0.3 is 9.88 Å². The number of hydrogen-bond donors (Lipinski definition) is 1. The molecular formula is C17H25N3O2S2. The number of hydrogen-bond acceptors (Lipinski definition) is 5. The van der Waals surface area contributed by atoms with Crippen LogP contribution in [-0.4, -0.2) is 39.6 Å². The van der Waals surface area contributed by atoms with Gasteiger partial charge in [0.15, 0.2) is 0 Å². The number of aryl methyl sites for hydroxylation is 2. The Hall–Kier alpha value is -1.34. The maximum atomic E-state index is 12.3. The Bertz CT molecular complexity index is 782. The molecule has 0 fully saturated rings. The molecule has 0 aromatic carbocycles. The standard InChI is InChI=1S/C17H25N3O2S2/c1-6-7-8-20(5)17(22)12(4)23-9-13-18-15(21)14-10(2)11(3)24-16(14)19-13/h12H,6-9H2,1-5H3,(H,18,19,21). The molecule has 2 heterocycles. The zero-order valence-electron chi connectivity index (χ0n) is 14.9. The number of unbranched alkanes of at least 4 members (excludes halogenated alkanes) is 1. The van der Waals surface area contributed by atoms with Crippen LogP contribution in [0.15, 0.2) is 4.79 Å². The van der Waals surface area contributed by atoms with Gasteiger partial charge in [-0.1, -0.05) is 13.3 Å². The summed E-state index contributed by atoms with van der Waals surface area (Å²) in [7, 11) is 1.85. The quantitative estimate of drug-likeness (QED) is 0.813.